The lowest BCUT2D eigenvalue weighted by Crippen LogP contribution is -2.20. The van der Waals surface area contributed by atoms with E-state index in [4.69, 9.17) is 11.5 Å². The first kappa shape index (κ1) is 5.69. The highest BCUT2D eigenvalue weighted by Crippen LogP contribution is 2.62. The molecular formula is C7H14N2. The van der Waals surface area contributed by atoms with E-state index in [0.29, 0.717) is 11.5 Å². The van der Waals surface area contributed by atoms with Gasteiger partial charge in [0.15, 0.2) is 0 Å². The third kappa shape index (κ3) is 0.578. The molecule has 2 saturated carbocycles. The summed E-state index contributed by atoms with van der Waals surface area (Å²) in [6, 6.07) is 0.480. The average molecular weight is 126 g/mol. The minimum atomic E-state index is 0.480. The van der Waals surface area contributed by atoms with Gasteiger partial charge in [-0.2, -0.15) is 0 Å². The summed E-state index contributed by atoms with van der Waals surface area (Å²) in [4.78, 5) is 0. The predicted molar refractivity (Wildman–Crippen MR) is 36.8 cm³/mol. The van der Waals surface area contributed by atoms with E-state index >= 15 is 0 Å². The molecule has 0 spiro atoms. The second-order valence-corrected chi connectivity index (χ2v) is 3.58. The molecule has 4 N–H and O–H groups in total. The Labute approximate surface area is 55.6 Å². The zero-order valence-corrected chi connectivity index (χ0v) is 5.64. The molecule has 2 heteroatoms. The molecule has 0 aliphatic heterocycles. The SMILES string of the molecule is NCC12CCC(N)C1C2. The molecule has 2 nitrogen and oxygen atoms in total. The molecule has 0 radical (unpaired) electrons. The Morgan fingerprint density at radius 1 is 1.56 bits per heavy atom. The van der Waals surface area contributed by atoms with Gasteiger partial charge in [0.1, 0.15) is 0 Å². The summed E-state index contributed by atoms with van der Waals surface area (Å²) >= 11 is 0. The molecule has 0 saturated heterocycles. The molecule has 0 heterocycles. The average Bonchev–Trinajstić information content (AvgIpc) is 2.53. The Morgan fingerprint density at radius 3 is 2.56 bits per heavy atom. The predicted octanol–water partition coefficient (Wildman–Crippen LogP) is 0.0725. The lowest BCUT2D eigenvalue weighted by atomic mass is 10.1. The van der Waals surface area contributed by atoms with Crippen LogP contribution >= 0.6 is 0 Å². The Hall–Kier alpha value is -0.0800. The van der Waals surface area contributed by atoms with Crippen molar-refractivity contribution in [1.29, 1.82) is 0 Å². The van der Waals surface area contributed by atoms with Crippen LogP contribution in [0.5, 0.6) is 0 Å². The van der Waals surface area contributed by atoms with Crippen LogP contribution in [0.1, 0.15) is 19.3 Å². The van der Waals surface area contributed by atoms with Gasteiger partial charge in [0.2, 0.25) is 0 Å². The first-order valence-corrected chi connectivity index (χ1v) is 3.74. The fourth-order valence-corrected chi connectivity index (χ4v) is 2.26. The minimum Gasteiger partial charge on any atom is -0.330 e. The molecule has 2 aliphatic rings. The molecule has 0 aromatic carbocycles. The van der Waals surface area contributed by atoms with E-state index in [0.717, 1.165) is 12.5 Å². The van der Waals surface area contributed by atoms with Gasteiger partial charge in [0, 0.05) is 6.04 Å². The summed E-state index contributed by atoms with van der Waals surface area (Å²) in [5, 5.41) is 0. The molecule has 3 atom stereocenters. The molecule has 0 aromatic rings. The quantitative estimate of drug-likeness (QED) is 0.522. The molecule has 0 aromatic heterocycles. The van der Waals surface area contributed by atoms with Crippen molar-refractivity contribution in [2.75, 3.05) is 6.54 Å². The molecule has 0 bridgehead atoms. The van der Waals surface area contributed by atoms with E-state index in [1.165, 1.54) is 19.3 Å². The molecule has 2 aliphatic carbocycles. The maximum absolute atomic E-state index is 5.83. The highest BCUT2D eigenvalue weighted by atomic mass is 14.8. The van der Waals surface area contributed by atoms with Crippen molar-refractivity contribution < 1.29 is 0 Å². The highest BCUT2D eigenvalue weighted by molar-refractivity contribution is 5.12. The number of rotatable bonds is 1. The smallest absolute Gasteiger partial charge is 0.00733 e. The summed E-state index contributed by atoms with van der Waals surface area (Å²) in [7, 11) is 0. The first-order valence-electron chi connectivity index (χ1n) is 3.74. The topological polar surface area (TPSA) is 52.0 Å². The van der Waals surface area contributed by atoms with Gasteiger partial charge in [-0.25, -0.2) is 0 Å². The Balaban J connectivity index is 2.08. The van der Waals surface area contributed by atoms with Crippen LogP contribution < -0.4 is 11.5 Å². The minimum absolute atomic E-state index is 0.480. The van der Waals surface area contributed by atoms with Crippen LogP contribution in [0.25, 0.3) is 0 Å². The largest absolute Gasteiger partial charge is 0.330 e. The van der Waals surface area contributed by atoms with Crippen molar-refractivity contribution >= 4 is 0 Å². The van der Waals surface area contributed by atoms with Crippen molar-refractivity contribution in [1.82, 2.24) is 0 Å². The fraction of sp³-hybridized carbons (Fsp3) is 1.00. The molecule has 52 valence electrons. The maximum atomic E-state index is 5.83. The van der Waals surface area contributed by atoms with Gasteiger partial charge in [0.25, 0.3) is 0 Å². The van der Waals surface area contributed by atoms with Crippen LogP contribution in [0.4, 0.5) is 0 Å². The third-order valence-electron chi connectivity index (χ3n) is 3.15. The van der Waals surface area contributed by atoms with Gasteiger partial charge in [-0.3, -0.25) is 0 Å². The maximum Gasteiger partial charge on any atom is 0.00733 e. The van der Waals surface area contributed by atoms with Crippen LogP contribution in [-0.2, 0) is 0 Å². The van der Waals surface area contributed by atoms with Crippen LogP contribution in [0.2, 0.25) is 0 Å². The number of nitrogens with two attached hydrogens (primary N) is 2. The number of hydrogen-bond donors (Lipinski definition) is 2. The lowest BCUT2D eigenvalue weighted by molar-refractivity contribution is 0.501. The van der Waals surface area contributed by atoms with Gasteiger partial charge in [0.05, 0.1) is 0 Å². The molecule has 3 unspecified atom stereocenters. The molecular weight excluding hydrogens is 112 g/mol. The van der Waals surface area contributed by atoms with Crippen molar-refractivity contribution in [3.8, 4) is 0 Å². The van der Waals surface area contributed by atoms with E-state index in [9.17, 15) is 0 Å². The van der Waals surface area contributed by atoms with Gasteiger partial charge < -0.3 is 11.5 Å². The zero-order valence-electron chi connectivity index (χ0n) is 5.64. The zero-order chi connectivity index (χ0) is 6.48. The van der Waals surface area contributed by atoms with E-state index in [1.54, 1.807) is 0 Å². The molecule has 0 amide bonds. The van der Waals surface area contributed by atoms with E-state index in [2.05, 4.69) is 0 Å². The summed E-state index contributed by atoms with van der Waals surface area (Å²) in [5.41, 5.74) is 12.0. The number of hydrogen-bond acceptors (Lipinski definition) is 2. The Morgan fingerprint density at radius 2 is 2.33 bits per heavy atom. The first-order chi connectivity index (χ1) is 4.28. The van der Waals surface area contributed by atoms with Crippen molar-refractivity contribution in [2.24, 2.45) is 22.8 Å². The number of fused-ring (bicyclic) bond motifs is 1. The monoisotopic (exact) mass is 126 g/mol. The van der Waals surface area contributed by atoms with Crippen molar-refractivity contribution in [2.45, 2.75) is 25.3 Å². The van der Waals surface area contributed by atoms with E-state index in [-0.39, 0.29) is 0 Å². The second-order valence-electron chi connectivity index (χ2n) is 3.58. The molecule has 2 fully saturated rings. The van der Waals surface area contributed by atoms with E-state index in [1.807, 2.05) is 0 Å². The van der Waals surface area contributed by atoms with Crippen molar-refractivity contribution in [3.63, 3.8) is 0 Å². The normalized spacial score (nSPS) is 55.3. The van der Waals surface area contributed by atoms with E-state index < -0.39 is 0 Å². The third-order valence-corrected chi connectivity index (χ3v) is 3.15. The summed E-state index contributed by atoms with van der Waals surface area (Å²) in [5.74, 6) is 0.794. The van der Waals surface area contributed by atoms with Gasteiger partial charge in [-0.1, -0.05) is 0 Å². The van der Waals surface area contributed by atoms with Gasteiger partial charge >= 0.3 is 0 Å². The van der Waals surface area contributed by atoms with Gasteiger partial charge in [-0.15, -0.1) is 0 Å². The Bertz CT molecular complexity index is 135. The van der Waals surface area contributed by atoms with Gasteiger partial charge in [-0.05, 0) is 37.1 Å². The van der Waals surface area contributed by atoms with Crippen LogP contribution in [0, 0.1) is 11.3 Å². The van der Waals surface area contributed by atoms with Crippen LogP contribution in [0.3, 0.4) is 0 Å². The molecule has 2 rings (SSSR count). The standard InChI is InChI=1S/C7H14N2/c8-4-7-2-1-6(9)5(7)3-7/h5-6H,1-4,8-9H2. The second kappa shape index (κ2) is 1.50. The van der Waals surface area contributed by atoms with Crippen LogP contribution in [0.15, 0.2) is 0 Å². The van der Waals surface area contributed by atoms with Crippen LogP contribution in [-0.4, -0.2) is 12.6 Å². The lowest BCUT2D eigenvalue weighted by Gasteiger charge is -2.04. The Kier molecular flexibility index (Phi) is 0.945. The fourth-order valence-electron chi connectivity index (χ4n) is 2.26. The highest BCUT2D eigenvalue weighted by Gasteiger charge is 2.59. The molecule has 9 heavy (non-hydrogen) atoms. The summed E-state index contributed by atoms with van der Waals surface area (Å²) < 4.78 is 0. The summed E-state index contributed by atoms with van der Waals surface area (Å²) in [6.45, 7) is 0.866. The summed E-state index contributed by atoms with van der Waals surface area (Å²) in [6.07, 6.45) is 3.81. The van der Waals surface area contributed by atoms with Crippen molar-refractivity contribution in [3.05, 3.63) is 0 Å².